The smallest absolute Gasteiger partial charge is 0.0518 e. The first kappa shape index (κ1) is 15.3. The molecule has 2 aliphatic rings. The lowest BCUT2D eigenvalue weighted by Gasteiger charge is -2.36. The van der Waals surface area contributed by atoms with Crippen LogP contribution in [0.1, 0.15) is 58.8 Å². The first-order valence-electron chi connectivity index (χ1n) is 8.35. The third-order valence-electron chi connectivity index (χ3n) is 4.61. The quantitative estimate of drug-likeness (QED) is 0.697. The fourth-order valence-electron chi connectivity index (χ4n) is 3.65. The van der Waals surface area contributed by atoms with E-state index < -0.39 is 0 Å². The van der Waals surface area contributed by atoms with Crippen molar-refractivity contribution in [3.8, 4) is 0 Å². The van der Waals surface area contributed by atoms with Gasteiger partial charge in [0.1, 0.15) is 0 Å². The molecule has 1 saturated heterocycles. The molecule has 0 aromatic rings. The lowest BCUT2D eigenvalue weighted by molar-refractivity contribution is 0.0756. The van der Waals surface area contributed by atoms with Crippen LogP contribution in [0, 0.1) is 5.92 Å². The molecule has 3 atom stereocenters. The minimum Gasteiger partial charge on any atom is -0.379 e. The van der Waals surface area contributed by atoms with Crippen LogP contribution in [0.3, 0.4) is 0 Å². The molecule has 19 heavy (non-hydrogen) atoms. The summed E-state index contributed by atoms with van der Waals surface area (Å²) in [6.07, 6.45) is 9.88. The maximum atomic E-state index is 5.61. The Morgan fingerprint density at radius 3 is 2.74 bits per heavy atom. The molecule has 1 aliphatic carbocycles. The first-order valence-corrected chi connectivity index (χ1v) is 8.35. The highest BCUT2D eigenvalue weighted by Crippen LogP contribution is 2.30. The lowest BCUT2D eigenvalue weighted by atomic mass is 9.79. The Morgan fingerprint density at radius 1 is 1.16 bits per heavy atom. The van der Waals surface area contributed by atoms with Crippen LogP contribution in [0.2, 0.25) is 0 Å². The molecule has 2 N–H and O–H groups in total. The zero-order chi connectivity index (χ0) is 13.5. The maximum Gasteiger partial charge on any atom is 0.0518 e. The molecule has 0 radical (unpaired) electrons. The summed E-state index contributed by atoms with van der Waals surface area (Å²) in [6, 6.07) is 1.52. The molecule has 0 aromatic carbocycles. The van der Waals surface area contributed by atoms with Gasteiger partial charge >= 0.3 is 0 Å². The van der Waals surface area contributed by atoms with Gasteiger partial charge < -0.3 is 15.4 Å². The summed E-state index contributed by atoms with van der Waals surface area (Å²) in [5.74, 6) is 0.863. The molecular formula is C16H32N2O. The van der Waals surface area contributed by atoms with E-state index >= 15 is 0 Å². The van der Waals surface area contributed by atoms with Gasteiger partial charge in [-0.1, -0.05) is 12.8 Å². The van der Waals surface area contributed by atoms with Crippen molar-refractivity contribution in [1.82, 2.24) is 10.6 Å². The van der Waals surface area contributed by atoms with Crippen molar-refractivity contribution in [1.29, 1.82) is 0 Å². The van der Waals surface area contributed by atoms with Crippen molar-refractivity contribution in [2.45, 2.75) is 77.0 Å². The van der Waals surface area contributed by atoms with E-state index in [0.717, 1.165) is 37.6 Å². The van der Waals surface area contributed by atoms with E-state index in [1.807, 2.05) is 0 Å². The monoisotopic (exact) mass is 268 g/mol. The zero-order valence-corrected chi connectivity index (χ0v) is 12.8. The maximum absolute atomic E-state index is 5.61. The normalized spacial score (nSPS) is 32.1. The average Bonchev–Trinajstić information content (AvgIpc) is 2.92. The average molecular weight is 268 g/mol. The van der Waals surface area contributed by atoms with E-state index in [1.165, 1.54) is 45.1 Å². The summed E-state index contributed by atoms with van der Waals surface area (Å²) < 4.78 is 5.61. The topological polar surface area (TPSA) is 33.3 Å². The van der Waals surface area contributed by atoms with Crippen LogP contribution in [0.4, 0.5) is 0 Å². The zero-order valence-electron chi connectivity index (χ0n) is 12.8. The second kappa shape index (κ2) is 8.23. The van der Waals surface area contributed by atoms with Crippen LogP contribution in [-0.2, 0) is 4.74 Å². The van der Waals surface area contributed by atoms with Crippen molar-refractivity contribution in [3.63, 3.8) is 0 Å². The van der Waals surface area contributed by atoms with Gasteiger partial charge in [-0.3, -0.25) is 0 Å². The van der Waals surface area contributed by atoms with E-state index in [2.05, 4.69) is 24.5 Å². The number of ether oxygens (including phenoxy) is 1. The van der Waals surface area contributed by atoms with Crippen LogP contribution in [0.25, 0.3) is 0 Å². The SMILES string of the molecule is CC(C)OCCCNC1CCCCC1C1CCCN1. The predicted octanol–water partition coefficient (Wildman–Crippen LogP) is 2.70. The molecule has 3 nitrogen and oxygen atoms in total. The Morgan fingerprint density at radius 2 is 2.00 bits per heavy atom. The van der Waals surface area contributed by atoms with E-state index in [4.69, 9.17) is 4.74 Å². The van der Waals surface area contributed by atoms with Gasteiger partial charge in [-0.2, -0.15) is 0 Å². The van der Waals surface area contributed by atoms with Crippen molar-refractivity contribution in [3.05, 3.63) is 0 Å². The molecule has 2 fully saturated rings. The third kappa shape index (κ3) is 5.05. The van der Waals surface area contributed by atoms with E-state index in [1.54, 1.807) is 0 Å². The summed E-state index contributed by atoms with van der Waals surface area (Å²) >= 11 is 0. The molecule has 0 spiro atoms. The first-order chi connectivity index (χ1) is 9.27. The Balaban J connectivity index is 1.67. The van der Waals surface area contributed by atoms with Crippen LogP contribution < -0.4 is 10.6 Å². The predicted molar refractivity (Wildman–Crippen MR) is 80.5 cm³/mol. The Labute approximate surface area is 118 Å². The minimum absolute atomic E-state index is 0.366. The van der Waals surface area contributed by atoms with E-state index in [0.29, 0.717) is 6.10 Å². The summed E-state index contributed by atoms with van der Waals surface area (Å²) in [4.78, 5) is 0. The number of hydrogen-bond donors (Lipinski definition) is 2. The number of nitrogens with one attached hydrogen (secondary N) is 2. The molecular weight excluding hydrogens is 236 g/mol. The highest BCUT2D eigenvalue weighted by Gasteiger charge is 2.32. The lowest BCUT2D eigenvalue weighted by Crippen LogP contribution is -2.47. The van der Waals surface area contributed by atoms with E-state index in [9.17, 15) is 0 Å². The second-order valence-electron chi connectivity index (χ2n) is 6.48. The van der Waals surface area contributed by atoms with Crippen molar-refractivity contribution >= 4 is 0 Å². The molecule has 3 heteroatoms. The standard InChI is InChI=1S/C16H32N2O/c1-13(2)19-12-6-11-18-15-8-4-3-7-14(15)16-9-5-10-17-16/h13-18H,3-12H2,1-2H3. The van der Waals surface area contributed by atoms with Crippen LogP contribution in [-0.4, -0.2) is 37.9 Å². The molecule has 3 unspecified atom stereocenters. The molecule has 1 aliphatic heterocycles. The summed E-state index contributed by atoms with van der Waals surface area (Å²) in [5, 5.41) is 7.51. The summed E-state index contributed by atoms with van der Waals surface area (Å²) in [5.41, 5.74) is 0. The van der Waals surface area contributed by atoms with Gasteiger partial charge in [0, 0.05) is 18.7 Å². The summed E-state index contributed by atoms with van der Waals surface area (Å²) in [7, 11) is 0. The van der Waals surface area contributed by atoms with Crippen molar-refractivity contribution in [2.24, 2.45) is 5.92 Å². The largest absolute Gasteiger partial charge is 0.379 e. The molecule has 0 bridgehead atoms. The van der Waals surface area contributed by atoms with Gasteiger partial charge in [-0.25, -0.2) is 0 Å². The molecule has 0 amide bonds. The molecule has 1 saturated carbocycles. The van der Waals surface area contributed by atoms with Crippen LogP contribution in [0.15, 0.2) is 0 Å². The summed E-state index contributed by atoms with van der Waals surface area (Å²) in [6.45, 7) is 7.45. The van der Waals surface area contributed by atoms with Gasteiger partial charge in [0.15, 0.2) is 0 Å². The van der Waals surface area contributed by atoms with Gasteiger partial charge in [0.25, 0.3) is 0 Å². The molecule has 1 heterocycles. The highest BCUT2D eigenvalue weighted by molar-refractivity contribution is 4.91. The van der Waals surface area contributed by atoms with Crippen molar-refractivity contribution in [2.75, 3.05) is 19.7 Å². The van der Waals surface area contributed by atoms with E-state index in [-0.39, 0.29) is 0 Å². The van der Waals surface area contributed by atoms with Gasteiger partial charge in [-0.05, 0) is 65.0 Å². The van der Waals surface area contributed by atoms with Gasteiger partial charge in [-0.15, -0.1) is 0 Å². The Hall–Kier alpha value is -0.120. The van der Waals surface area contributed by atoms with Crippen LogP contribution in [0.5, 0.6) is 0 Å². The molecule has 2 rings (SSSR count). The Bertz CT molecular complexity index is 239. The van der Waals surface area contributed by atoms with Gasteiger partial charge in [0.2, 0.25) is 0 Å². The molecule has 112 valence electrons. The number of hydrogen-bond acceptors (Lipinski definition) is 3. The van der Waals surface area contributed by atoms with Crippen molar-refractivity contribution < 1.29 is 4.74 Å². The van der Waals surface area contributed by atoms with Gasteiger partial charge in [0.05, 0.1) is 6.10 Å². The second-order valence-corrected chi connectivity index (χ2v) is 6.48. The highest BCUT2D eigenvalue weighted by atomic mass is 16.5. The fraction of sp³-hybridized carbons (Fsp3) is 1.00. The number of rotatable bonds is 7. The fourth-order valence-corrected chi connectivity index (χ4v) is 3.65. The Kier molecular flexibility index (Phi) is 6.62. The van der Waals surface area contributed by atoms with Crippen LogP contribution >= 0.6 is 0 Å². The minimum atomic E-state index is 0.366. The molecule has 0 aromatic heterocycles. The third-order valence-corrected chi connectivity index (χ3v) is 4.61.